The van der Waals surface area contributed by atoms with Gasteiger partial charge >= 0.3 is 0 Å². The third-order valence-corrected chi connectivity index (χ3v) is 2.58. The molecule has 0 saturated heterocycles. The van der Waals surface area contributed by atoms with Crippen LogP contribution >= 0.6 is 0 Å². The summed E-state index contributed by atoms with van der Waals surface area (Å²) in [6.07, 6.45) is 7.39. The maximum Gasteiger partial charge on any atom is 0.120 e. The van der Waals surface area contributed by atoms with Crippen molar-refractivity contribution < 1.29 is 0 Å². The van der Waals surface area contributed by atoms with Crippen LogP contribution in [0.1, 0.15) is 17.6 Å². The first-order valence-electron chi connectivity index (χ1n) is 4.88. The predicted octanol–water partition coefficient (Wildman–Crippen LogP) is 0.244. The van der Waals surface area contributed by atoms with Gasteiger partial charge in [0.05, 0.1) is 5.92 Å². The minimum Gasteiger partial charge on any atom is -0.337 e. The van der Waals surface area contributed by atoms with Crippen LogP contribution < -0.4 is 5.73 Å². The Balaban J connectivity index is 2.41. The fourth-order valence-corrected chi connectivity index (χ4v) is 1.75. The van der Waals surface area contributed by atoms with E-state index in [1.807, 2.05) is 35.6 Å². The molecule has 5 nitrogen and oxygen atoms in total. The number of hydrogen-bond acceptors (Lipinski definition) is 3. The van der Waals surface area contributed by atoms with Crippen molar-refractivity contribution in [2.45, 2.75) is 5.92 Å². The largest absolute Gasteiger partial charge is 0.337 e. The van der Waals surface area contributed by atoms with Crippen LogP contribution in [0.15, 0.2) is 24.8 Å². The first-order valence-corrected chi connectivity index (χ1v) is 4.88. The monoisotopic (exact) mass is 205 g/mol. The Bertz CT molecular complexity index is 402. The highest BCUT2D eigenvalue weighted by molar-refractivity contribution is 5.14. The summed E-state index contributed by atoms with van der Waals surface area (Å²) in [7, 11) is 3.93. The van der Waals surface area contributed by atoms with Gasteiger partial charge in [0.25, 0.3) is 0 Å². The molecule has 0 aliphatic carbocycles. The van der Waals surface area contributed by atoms with Crippen molar-refractivity contribution in [2.24, 2.45) is 19.8 Å². The van der Waals surface area contributed by atoms with Gasteiger partial charge in [0.2, 0.25) is 0 Å². The molecule has 0 radical (unpaired) electrons. The Kier molecular flexibility index (Phi) is 2.55. The van der Waals surface area contributed by atoms with Gasteiger partial charge in [-0.3, -0.25) is 0 Å². The molecule has 0 spiro atoms. The summed E-state index contributed by atoms with van der Waals surface area (Å²) >= 11 is 0. The Morgan fingerprint density at radius 1 is 1.13 bits per heavy atom. The lowest BCUT2D eigenvalue weighted by Gasteiger charge is -2.14. The van der Waals surface area contributed by atoms with E-state index in [2.05, 4.69) is 9.97 Å². The topological polar surface area (TPSA) is 61.7 Å². The molecule has 2 aromatic rings. The summed E-state index contributed by atoms with van der Waals surface area (Å²) in [6, 6.07) is 0. The second-order valence-corrected chi connectivity index (χ2v) is 3.58. The third kappa shape index (κ3) is 1.66. The Morgan fingerprint density at radius 3 is 1.87 bits per heavy atom. The summed E-state index contributed by atoms with van der Waals surface area (Å²) < 4.78 is 3.96. The lowest BCUT2D eigenvalue weighted by molar-refractivity contribution is 0.635. The predicted molar refractivity (Wildman–Crippen MR) is 57.3 cm³/mol. The highest BCUT2D eigenvalue weighted by atomic mass is 15.1. The standard InChI is InChI=1S/C10H15N5/c1-14-5-3-12-9(14)8(7-11)10-13-4-6-15(10)2/h3-6,8H,7,11H2,1-2H3. The number of hydrogen-bond donors (Lipinski definition) is 1. The molecular weight excluding hydrogens is 190 g/mol. The van der Waals surface area contributed by atoms with E-state index < -0.39 is 0 Å². The highest BCUT2D eigenvalue weighted by Crippen LogP contribution is 2.19. The van der Waals surface area contributed by atoms with E-state index in [-0.39, 0.29) is 5.92 Å². The molecular formula is C10H15N5. The smallest absolute Gasteiger partial charge is 0.120 e. The van der Waals surface area contributed by atoms with Gasteiger partial charge in [-0.2, -0.15) is 0 Å². The van der Waals surface area contributed by atoms with Gasteiger partial charge in [-0.05, 0) is 0 Å². The van der Waals surface area contributed by atoms with Crippen LogP contribution in [0.2, 0.25) is 0 Å². The molecule has 0 atom stereocenters. The Morgan fingerprint density at radius 2 is 1.60 bits per heavy atom. The van der Waals surface area contributed by atoms with E-state index >= 15 is 0 Å². The normalized spacial score (nSPS) is 11.2. The molecule has 5 heteroatoms. The number of nitrogens with two attached hydrogens (primary N) is 1. The van der Waals surface area contributed by atoms with Crippen molar-refractivity contribution in [2.75, 3.05) is 6.54 Å². The summed E-state index contributed by atoms with van der Waals surface area (Å²) in [5.74, 6) is 1.96. The molecule has 2 aromatic heterocycles. The molecule has 0 aliphatic rings. The van der Waals surface area contributed by atoms with E-state index in [0.717, 1.165) is 11.6 Å². The van der Waals surface area contributed by atoms with Crippen LogP contribution in [0.25, 0.3) is 0 Å². The molecule has 0 amide bonds. The summed E-state index contributed by atoms with van der Waals surface area (Å²) in [6.45, 7) is 0.510. The zero-order chi connectivity index (χ0) is 10.8. The first kappa shape index (κ1) is 9.92. The van der Waals surface area contributed by atoms with Gasteiger partial charge in [-0.1, -0.05) is 0 Å². The molecule has 0 fully saturated rings. The third-order valence-electron chi connectivity index (χ3n) is 2.58. The van der Waals surface area contributed by atoms with Crippen molar-refractivity contribution >= 4 is 0 Å². The van der Waals surface area contributed by atoms with Gasteiger partial charge in [0.1, 0.15) is 11.6 Å². The minimum absolute atomic E-state index is 0.0602. The summed E-state index contributed by atoms with van der Waals surface area (Å²) in [4.78, 5) is 8.63. The lowest BCUT2D eigenvalue weighted by Crippen LogP contribution is -2.20. The van der Waals surface area contributed by atoms with Crippen molar-refractivity contribution in [3.63, 3.8) is 0 Å². The molecule has 2 heterocycles. The van der Waals surface area contributed by atoms with Gasteiger partial charge in [0, 0.05) is 45.4 Å². The molecule has 0 unspecified atom stereocenters. The van der Waals surface area contributed by atoms with E-state index in [4.69, 9.17) is 5.73 Å². The second kappa shape index (κ2) is 3.86. The maximum atomic E-state index is 5.79. The quantitative estimate of drug-likeness (QED) is 0.781. The second-order valence-electron chi connectivity index (χ2n) is 3.58. The maximum absolute atomic E-state index is 5.79. The van der Waals surface area contributed by atoms with Gasteiger partial charge in [0.15, 0.2) is 0 Å². The minimum atomic E-state index is 0.0602. The van der Waals surface area contributed by atoms with Crippen LogP contribution in [-0.2, 0) is 14.1 Å². The van der Waals surface area contributed by atoms with Crippen molar-refractivity contribution in [1.29, 1.82) is 0 Å². The van der Waals surface area contributed by atoms with Crippen LogP contribution in [0.4, 0.5) is 0 Å². The van der Waals surface area contributed by atoms with Gasteiger partial charge < -0.3 is 14.9 Å². The van der Waals surface area contributed by atoms with E-state index in [9.17, 15) is 0 Å². The zero-order valence-electron chi connectivity index (χ0n) is 8.96. The number of aryl methyl sites for hydroxylation is 2. The van der Waals surface area contributed by atoms with E-state index in [1.54, 1.807) is 12.4 Å². The SMILES string of the molecule is Cn1ccnc1C(CN)c1nccn1C. The molecule has 80 valence electrons. The average molecular weight is 205 g/mol. The van der Waals surface area contributed by atoms with Crippen LogP contribution in [0.3, 0.4) is 0 Å². The Labute approximate surface area is 88.6 Å². The van der Waals surface area contributed by atoms with E-state index in [0.29, 0.717) is 6.54 Å². The van der Waals surface area contributed by atoms with Crippen molar-refractivity contribution in [3.8, 4) is 0 Å². The molecule has 0 aromatic carbocycles. The van der Waals surface area contributed by atoms with Crippen LogP contribution in [0, 0.1) is 0 Å². The summed E-state index contributed by atoms with van der Waals surface area (Å²) in [5.41, 5.74) is 5.79. The van der Waals surface area contributed by atoms with Gasteiger partial charge in [-0.15, -0.1) is 0 Å². The molecule has 2 N–H and O–H groups in total. The fourth-order valence-electron chi connectivity index (χ4n) is 1.75. The van der Waals surface area contributed by atoms with Gasteiger partial charge in [-0.25, -0.2) is 9.97 Å². The van der Waals surface area contributed by atoms with Crippen molar-refractivity contribution in [3.05, 3.63) is 36.4 Å². The molecule has 0 bridgehead atoms. The fraction of sp³-hybridized carbons (Fsp3) is 0.400. The average Bonchev–Trinajstić information content (AvgIpc) is 2.80. The van der Waals surface area contributed by atoms with Crippen LogP contribution in [-0.4, -0.2) is 25.6 Å². The Hall–Kier alpha value is -1.62. The van der Waals surface area contributed by atoms with Crippen LogP contribution in [0.5, 0.6) is 0 Å². The first-order chi connectivity index (χ1) is 7.24. The molecule has 0 saturated carbocycles. The highest BCUT2D eigenvalue weighted by Gasteiger charge is 2.20. The number of aromatic nitrogens is 4. The molecule has 0 aliphatic heterocycles. The van der Waals surface area contributed by atoms with Crippen molar-refractivity contribution in [1.82, 2.24) is 19.1 Å². The number of imidazole rings is 2. The number of rotatable bonds is 3. The summed E-state index contributed by atoms with van der Waals surface area (Å²) in [5, 5.41) is 0. The lowest BCUT2D eigenvalue weighted by atomic mass is 10.1. The zero-order valence-corrected chi connectivity index (χ0v) is 8.96. The molecule has 2 rings (SSSR count). The number of nitrogens with zero attached hydrogens (tertiary/aromatic N) is 4. The molecule has 15 heavy (non-hydrogen) atoms. The van der Waals surface area contributed by atoms with E-state index in [1.165, 1.54) is 0 Å².